The predicted octanol–water partition coefficient (Wildman–Crippen LogP) is 3.87. The lowest BCUT2D eigenvalue weighted by Gasteiger charge is -2.10. The monoisotopic (exact) mass is 354 g/mol. The van der Waals surface area contributed by atoms with Gasteiger partial charge in [-0.3, -0.25) is 0 Å². The van der Waals surface area contributed by atoms with E-state index in [1.54, 1.807) is 24.3 Å². The van der Waals surface area contributed by atoms with Crippen LogP contribution in [0.4, 0.5) is 4.39 Å². The van der Waals surface area contributed by atoms with Gasteiger partial charge in [-0.25, -0.2) is 9.18 Å². The van der Waals surface area contributed by atoms with Gasteiger partial charge >= 0.3 is 5.97 Å². The van der Waals surface area contributed by atoms with Crippen LogP contribution in [0.15, 0.2) is 40.9 Å². The van der Waals surface area contributed by atoms with Crippen molar-refractivity contribution in [1.29, 1.82) is 0 Å². The van der Waals surface area contributed by atoms with Crippen LogP contribution in [-0.2, 0) is 6.61 Å². The smallest absolute Gasteiger partial charge is 0.336 e. The van der Waals surface area contributed by atoms with Gasteiger partial charge in [-0.05, 0) is 40.2 Å². The minimum atomic E-state index is -1.07. The Hall–Kier alpha value is -2.08. The Kier molecular flexibility index (Phi) is 4.80. The van der Waals surface area contributed by atoms with Gasteiger partial charge in [0.05, 0.1) is 12.7 Å². The van der Waals surface area contributed by atoms with Crippen molar-refractivity contribution in [2.24, 2.45) is 0 Å². The van der Waals surface area contributed by atoms with Crippen molar-refractivity contribution in [1.82, 2.24) is 0 Å². The third-order valence-corrected chi connectivity index (χ3v) is 3.52. The Bertz CT molecular complexity index is 673. The molecule has 0 atom stereocenters. The second-order valence-electron chi connectivity index (χ2n) is 4.17. The van der Waals surface area contributed by atoms with Gasteiger partial charge in [-0.1, -0.05) is 12.1 Å². The third-order valence-electron chi connectivity index (χ3n) is 2.83. The number of aromatic carboxylic acids is 1. The van der Waals surface area contributed by atoms with Crippen LogP contribution in [0.2, 0.25) is 0 Å². The van der Waals surface area contributed by atoms with Gasteiger partial charge in [-0.2, -0.15) is 0 Å². The molecule has 0 aliphatic carbocycles. The maximum absolute atomic E-state index is 13.9. The zero-order valence-corrected chi connectivity index (χ0v) is 12.7. The molecular formula is C15H12BrFO4. The molecule has 0 spiro atoms. The van der Waals surface area contributed by atoms with Crippen molar-refractivity contribution in [2.75, 3.05) is 7.11 Å². The first-order valence-electron chi connectivity index (χ1n) is 6.00. The molecule has 0 aliphatic heterocycles. The molecule has 2 rings (SSSR count). The van der Waals surface area contributed by atoms with Crippen LogP contribution in [0.3, 0.4) is 0 Å². The molecule has 0 amide bonds. The number of halogens is 2. The summed E-state index contributed by atoms with van der Waals surface area (Å²) >= 11 is 3.14. The molecule has 0 aromatic heterocycles. The van der Waals surface area contributed by atoms with E-state index in [4.69, 9.17) is 14.6 Å². The third kappa shape index (κ3) is 3.52. The zero-order chi connectivity index (χ0) is 15.4. The molecule has 0 bridgehead atoms. The molecule has 0 fully saturated rings. The van der Waals surface area contributed by atoms with E-state index in [1.165, 1.54) is 19.2 Å². The topological polar surface area (TPSA) is 55.8 Å². The fraction of sp³-hybridized carbons (Fsp3) is 0.133. The highest BCUT2D eigenvalue weighted by Crippen LogP contribution is 2.25. The lowest BCUT2D eigenvalue weighted by Crippen LogP contribution is -2.02. The Labute approximate surface area is 129 Å². The Balaban J connectivity index is 2.17. The molecule has 1 N–H and O–H groups in total. The Morgan fingerprint density at radius 3 is 2.76 bits per heavy atom. The molecule has 0 unspecified atom stereocenters. The number of rotatable bonds is 5. The largest absolute Gasteiger partial charge is 0.494 e. The Morgan fingerprint density at radius 1 is 1.33 bits per heavy atom. The lowest BCUT2D eigenvalue weighted by atomic mass is 10.2. The van der Waals surface area contributed by atoms with Crippen LogP contribution in [0, 0.1) is 5.82 Å². The van der Waals surface area contributed by atoms with Crippen molar-refractivity contribution in [3.05, 3.63) is 57.8 Å². The maximum Gasteiger partial charge on any atom is 0.336 e. The summed E-state index contributed by atoms with van der Waals surface area (Å²) < 4.78 is 24.7. The van der Waals surface area contributed by atoms with Gasteiger partial charge in [-0.15, -0.1) is 0 Å². The standard InChI is InChI=1S/C15H12BrFO4/c1-20-13-4-2-3-9(14(13)17)8-21-10-5-6-12(16)11(7-10)15(18)19/h2-7H,8H2,1H3,(H,18,19). The van der Waals surface area contributed by atoms with Gasteiger partial charge in [0.2, 0.25) is 0 Å². The molecule has 2 aromatic carbocycles. The van der Waals surface area contributed by atoms with E-state index in [2.05, 4.69) is 15.9 Å². The average Bonchev–Trinajstić information content (AvgIpc) is 2.47. The number of carbonyl (C=O) groups is 1. The maximum atomic E-state index is 13.9. The molecule has 6 heteroatoms. The average molecular weight is 355 g/mol. The second-order valence-corrected chi connectivity index (χ2v) is 5.02. The molecule has 0 radical (unpaired) electrons. The predicted molar refractivity (Wildman–Crippen MR) is 78.4 cm³/mol. The SMILES string of the molecule is COc1cccc(COc2ccc(Br)c(C(=O)O)c2)c1F. The first kappa shape index (κ1) is 15.3. The van der Waals surface area contributed by atoms with Gasteiger partial charge in [0.1, 0.15) is 12.4 Å². The van der Waals surface area contributed by atoms with Gasteiger partial charge in [0.15, 0.2) is 11.6 Å². The molecule has 110 valence electrons. The van der Waals surface area contributed by atoms with Crippen LogP contribution >= 0.6 is 15.9 Å². The highest BCUT2D eigenvalue weighted by atomic mass is 79.9. The normalized spacial score (nSPS) is 10.2. The van der Waals surface area contributed by atoms with Crippen molar-refractivity contribution < 1.29 is 23.8 Å². The molecule has 0 aliphatic rings. The van der Waals surface area contributed by atoms with Crippen LogP contribution < -0.4 is 9.47 Å². The quantitative estimate of drug-likeness (QED) is 0.885. The number of hydrogen-bond acceptors (Lipinski definition) is 3. The van der Waals surface area contributed by atoms with E-state index in [-0.39, 0.29) is 17.9 Å². The van der Waals surface area contributed by atoms with Crippen molar-refractivity contribution in [3.8, 4) is 11.5 Å². The fourth-order valence-electron chi connectivity index (χ4n) is 1.74. The summed E-state index contributed by atoms with van der Waals surface area (Å²) in [4.78, 5) is 11.0. The van der Waals surface area contributed by atoms with E-state index in [0.717, 1.165) is 0 Å². The highest BCUT2D eigenvalue weighted by molar-refractivity contribution is 9.10. The van der Waals surface area contributed by atoms with Crippen molar-refractivity contribution >= 4 is 21.9 Å². The first-order chi connectivity index (χ1) is 10.0. The summed E-state index contributed by atoms with van der Waals surface area (Å²) in [6.45, 7) is -0.0241. The summed E-state index contributed by atoms with van der Waals surface area (Å²) in [5.41, 5.74) is 0.410. The zero-order valence-electron chi connectivity index (χ0n) is 11.1. The second kappa shape index (κ2) is 6.58. The number of methoxy groups -OCH3 is 1. The highest BCUT2D eigenvalue weighted by Gasteiger charge is 2.12. The number of hydrogen-bond donors (Lipinski definition) is 1. The number of carboxylic acid groups (broad SMARTS) is 1. The minimum Gasteiger partial charge on any atom is -0.494 e. The van der Waals surface area contributed by atoms with Crippen LogP contribution in [0.1, 0.15) is 15.9 Å². The van der Waals surface area contributed by atoms with E-state index in [1.807, 2.05) is 0 Å². The molecule has 21 heavy (non-hydrogen) atoms. The van der Waals surface area contributed by atoms with E-state index in [0.29, 0.717) is 15.8 Å². The number of benzene rings is 2. The number of ether oxygens (including phenoxy) is 2. The van der Waals surface area contributed by atoms with Crippen LogP contribution in [0.5, 0.6) is 11.5 Å². The summed E-state index contributed by atoms with van der Waals surface area (Å²) in [7, 11) is 1.39. The molecule has 0 saturated heterocycles. The molecule has 0 saturated carbocycles. The summed E-state index contributed by atoms with van der Waals surface area (Å²) in [6.07, 6.45) is 0. The van der Waals surface area contributed by atoms with E-state index < -0.39 is 11.8 Å². The van der Waals surface area contributed by atoms with Gasteiger partial charge in [0.25, 0.3) is 0 Å². The van der Waals surface area contributed by atoms with Crippen molar-refractivity contribution in [3.63, 3.8) is 0 Å². The minimum absolute atomic E-state index is 0.0241. The first-order valence-corrected chi connectivity index (χ1v) is 6.79. The molecular weight excluding hydrogens is 343 g/mol. The van der Waals surface area contributed by atoms with Gasteiger partial charge in [0, 0.05) is 10.0 Å². The van der Waals surface area contributed by atoms with Crippen LogP contribution in [0.25, 0.3) is 0 Å². The molecule has 0 heterocycles. The van der Waals surface area contributed by atoms with Gasteiger partial charge < -0.3 is 14.6 Å². The summed E-state index contributed by atoms with van der Waals surface area (Å²) in [6, 6.07) is 9.31. The van der Waals surface area contributed by atoms with Crippen LogP contribution in [-0.4, -0.2) is 18.2 Å². The van der Waals surface area contributed by atoms with E-state index >= 15 is 0 Å². The fourth-order valence-corrected chi connectivity index (χ4v) is 2.16. The van der Waals surface area contributed by atoms with Crippen molar-refractivity contribution in [2.45, 2.75) is 6.61 Å². The lowest BCUT2D eigenvalue weighted by molar-refractivity contribution is 0.0695. The summed E-state index contributed by atoms with van der Waals surface area (Å²) in [5, 5.41) is 9.03. The van der Waals surface area contributed by atoms with E-state index in [9.17, 15) is 9.18 Å². The molecule has 4 nitrogen and oxygen atoms in total. The number of carboxylic acids is 1. The summed E-state index contributed by atoms with van der Waals surface area (Å²) in [5.74, 6) is -1.08. The Morgan fingerprint density at radius 2 is 2.10 bits per heavy atom. The molecule has 2 aromatic rings.